The van der Waals surface area contributed by atoms with Crippen molar-refractivity contribution >= 4 is 29.7 Å². The summed E-state index contributed by atoms with van der Waals surface area (Å²) >= 11 is 1.45. The van der Waals surface area contributed by atoms with Crippen molar-refractivity contribution in [3.8, 4) is 5.75 Å². The fourth-order valence-corrected chi connectivity index (χ4v) is 6.03. The summed E-state index contributed by atoms with van der Waals surface area (Å²) in [6, 6.07) is 21.6. The third-order valence-electron chi connectivity index (χ3n) is 6.59. The second-order valence-electron chi connectivity index (χ2n) is 10.9. The first-order valence-corrected chi connectivity index (χ1v) is 14.9. The molecule has 222 valence electrons. The van der Waals surface area contributed by atoms with Crippen LogP contribution in [0.2, 0.25) is 0 Å². The monoisotopic (exact) mass is 599 g/mol. The topological polar surface area (TPSA) is 107 Å². The van der Waals surface area contributed by atoms with E-state index in [1.807, 2.05) is 60.7 Å². The fraction of sp³-hybridized carbons (Fsp3) is 0.273. The summed E-state index contributed by atoms with van der Waals surface area (Å²) in [7, 11) is 0. The molecule has 2 aliphatic rings. The van der Waals surface area contributed by atoms with Gasteiger partial charge < -0.3 is 19.5 Å². The molecule has 0 spiro atoms. The van der Waals surface area contributed by atoms with Gasteiger partial charge in [-0.15, -0.1) is 11.8 Å². The van der Waals surface area contributed by atoms with Crippen LogP contribution in [0.25, 0.3) is 0 Å². The summed E-state index contributed by atoms with van der Waals surface area (Å²) in [6.07, 6.45) is 5.45. The van der Waals surface area contributed by atoms with Gasteiger partial charge >= 0.3 is 12.1 Å². The number of hydrogen-bond donors (Lipinski definition) is 1. The second kappa shape index (κ2) is 13.2. The molecule has 1 aromatic heterocycles. The van der Waals surface area contributed by atoms with Crippen molar-refractivity contribution in [1.82, 2.24) is 15.2 Å². The van der Waals surface area contributed by atoms with Crippen LogP contribution >= 0.6 is 11.8 Å². The Balaban J connectivity index is 1.42. The van der Waals surface area contributed by atoms with Gasteiger partial charge in [0, 0.05) is 11.9 Å². The van der Waals surface area contributed by atoms with Gasteiger partial charge in [0.05, 0.1) is 6.20 Å². The molecule has 43 heavy (non-hydrogen) atoms. The Kier molecular flexibility index (Phi) is 9.16. The Morgan fingerprint density at radius 1 is 1.05 bits per heavy atom. The average Bonchev–Trinajstić information content (AvgIpc) is 3.00. The van der Waals surface area contributed by atoms with Crippen molar-refractivity contribution in [1.29, 1.82) is 0 Å². The zero-order valence-corrected chi connectivity index (χ0v) is 25.0. The molecule has 0 saturated carbocycles. The Bertz CT molecular complexity index is 1470. The number of allylic oxidation sites excluding steroid dienone is 1. The molecule has 1 fully saturated rings. The molecule has 2 amide bonds. The van der Waals surface area contributed by atoms with Gasteiger partial charge in [-0.2, -0.15) is 0 Å². The maximum absolute atomic E-state index is 14.0. The number of aromatic nitrogens is 1. The van der Waals surface area contributed by atoms with E-state index in [2.05, 4.69) is 10.3 Å². The van der Waals surface area contributed by atoms with E-state index in [1.54, 1.807) is 57.4 Å². The predicted molar refractivity (Wildman–Crippen MR) is 163 cm³/mol. The SMILES string of the molecule is CC(C)(C)OC(=O)N[C@@H]1C(=O)N2C(C(=O)OC(c3ccccc3)c3ccccc3)=C(/C=C\COc3cccnc3)CS[C@H]12. The minimum absolute atomic E-state index is 0.144. The van der Waals surface area contributed by atoms with Crippen molar-refractivity contribution in [2.24, 2.45) is 0 Å². The molecule has 10 heteroatoms. The van der Waals surface area contributed by atoms with Crippen molar-refractivity contribution in [3.05, 3.63) is 120 Å². The number of thioether (sulfide) groups is 1. The Hall–Kier alpha value is -4.57. The van der Waals surface area contributed by atoms with Crippen LogP contribution < -0.4 is 10.1 Å². The minimum Gasteiger partial charge on any atom is -0.488 e. The fourth-order valence-electron chi connectivity index (χ4n) is 4.71. The zero-order chi connectivity index (χ0) is 30.4. The molecule has 3 aromatic rings. The maximum atomic E-state index is 14.0. The molecule has 0 bridgehead atoms. The molecule has 3 heterocycles. The molecule has 1 N–H and O–H groups in total. The number of amides is 2. The number of nitrogens with one attached hydrogen (secondary N) is 1. The average molecular weight is 600 g/mol. The van der Waals surface area contributed by atoms with E-state index >= 15 is 0 Å². The summed E-state index contributed by atoms with van der Waals surface area (Å²) in [5, 5.41) is 2.18. The van der Waals surface area contributed by atoms with Crippen molar-refractivity contribution < 1.29 is 28.6 Å². The number of esters is 1. The Morgan fingerprint density at radius 2 is 1.72 bits per heavy atom. The first-order valence-electron chi connectivity index (χ1n) is 13.9. The van der Waals surface area contributed by atoms with Crippen LogP contribution in [0.15, 0.2) is 109 Å². The second-order valence-corrected chi connectivity index (χ2v) is 12.0. The van der Waals surface area contributed by atoms with E-state index in [0.717, 1.165) is 11.1 Å². The van der Waals surface area contributed by atoms with Gasteiger partial charge in [0.25, 0.3) is 5.91 Å². The van der Waals surface area contributed by atoms with Crippen LogP contribution in [0.4, 0.5) is 4.79 Å². The van der Waals surface area contributed by atoms with E-state index in [0.29, 0.717) is 17.1 Å². The quantitative estimate of drug-likeness (QED) is 0.257. The number of pyridine rings is 1. The molecular weight excluding hydrogens is 566 g/mol. The lowest BCUT2D eigenvalue weighted by Gasteiger charge is -2.49. The number of benzene rings is 2. The van der Waals surface area contributed by atoms with Crippen LogP contribution in [0, 0.1) is 0 Å². The van der Waals surface area contributed by atoms with Crippen LogP contribution in [-0.4, -0.2) is 57.2 Å². The standard InChI is InChI=1S/C33H33N3O6S/c1-33(2,3)42-32(39)35-26-29(37)36-27(24(21-43-30(26)36)16-11-19-40-25-17-10-18-34-20-25)31(38)41-28(22-12-6-4-7-13-22)23-14-8-5-9-15-23/h4-18,20,26,28,30H,19,21H2,1-3H3,(H,35,39)/b16-11-/t26-,30-/m1/s1. The highest BCUT2D eigenvalue weighted by Gasteiger charge is 2.54. The lowest BCUT2D eigenvalue weighted by molar-refractivity contribution is -0.153. The van der Waals surface area contributed by atoms with Gasteiger partial charge in [0.2, 0.25) is 0 Å². The van der Waals surface area contributed by atoms with Crippen LogP contribution in [0.3, 0.4) is 0 Å². The van der Waals surface area contributed by atoms with E-state index in [-0.39, 0.29) is 12.3 Å². The molecule has 0 aliphatic carbocycles. The molecule has 9 nitrogen and oxygen atoms in total. The van der Waals surface area contributed by atoms with Gasteiger partial charge in [-0.3, -0.25) is 14.7 Å². The van der Waals surface area contributed by atoms with Gasteiger partial charge in [-0.25, -0.2) is 9.59 Å². The van der Waals surface area contributed by atoms with E-state index in [4.69, 9.17) is 14.2 Å². The summed E-state index contributed by atoms with van der Waals surface area (Å²) in [4.78, 5) is 45.4. The Labute approximate surface area is 254 Å². The van der Waals surface area contributed by atoms with Crippen molar-refractivity contribution in [2.75, 3.05) is 12.4 Å². The summed E-state index contributed by atoms with van der Waals surface area (Å²) in [5.74, 6) is -0.0272. The molecule has 1 saturated heterocycles. The summed E-state index contributed by atoms with van der Waals surface area (Å²) in [6.45, 7) is 5.49. The smallest absolute Gasteiger partial charge is 0.408 e. The first kappa shape index (κ1) is 29.9. The summed E-state index contributed by atoms with van der Waals surface area (Å²) in [5.41, 5.74) is 1.64. The number of carbonyl (C=O) groups excluding carboxylic acids is 3. The third kappa shape index (κ3) is 7.26. The number of β-lactam (4-membered cyclic amide) rings is 1. The minimum atomic E-state index is -0.832. The summed E-state index contributed by atoms with van der Waals surface area (Å²) < 4.78 is 17.2. The molecule has 5 rings (SSSR count). The van der Waals surface area contributed by atoms with Crippen LogP contribution in [0.1, 0.15) is 38.0 Å². The maximum Gasteiger partial charge on any atom is 0.408 e. The highest BCUT2D eigenvalue weighted by molar-refractivity contribution is 8.00. The van der Waals surface area contributed by atoms with Gasteiger partial charge in [-0.1, -0.05) is 66.7 Å². The largest absolute Gasteiger partial charge is 0.488 e. The van der Waals surface area contributed by atoms with Crippen LogP contribution in [-0.2, 0) is 19.1 Å². The number of alkyl carbamates (subject to hydrolysis) is 1. The molecule has 2 aromatic carbocycles. The van der Waals surface area contributed by atoms with Gasteiger partial charge in [0.15, 0.2) is 6.10 Å². The normalized spacial score (nSPS) is 18.2. The molecule has 2 atom stereocenters. The number of fused-ring (bicyclic) bond motifs is 1. The van der Waals surface area contributed by atoms with E-state index in [1.165, 1.54) is 16.7 Å². The molecular formula is C33H33N3O6S. The lowest BCUT2D eigenvalue weighted by Crippen LogP contribution is -2.70. The molecule has 2 aliphatic heterocycles. The van der Waals surface area contributed by atoms with Gasteiger partial charge in [-0.05, 0) is 55.7 Å². The van der Waals surface area contributed by atoms with E-state index < -0.39 is 41.1 Å². The predicted octanol–water partition coefficient (Wildman–Crippen LogP) is 5.41. The molecule has 0 radical (unpaired) electrons. The van der Waals surface area contributed by atoms with Crippen molar-refractivity contribution in [2.45, 2.75) is 43.9 Å². The number of hydrogen-bond acceptors (Lipinski definition) is 8. The van der Waals surface area contributed by atoms with E-state index in [9.17, 15) is 14.4 Å². The van der Waals surface area contributed by atoms with Crippen molar-refractivity contribution in [3.63, 3.8) is 0 Å². The molecule has 0 unspecified atom stereocenters. The number of nitrogens with zero attached hydrogens (tertiary/aromatic N) is 2. The number of rotatable bonds is 9. The Morgan fingerprint density at radius 3 is 2.33 bits per heavy atom. The van der Waals surface area contributed by atoms with Gasteiger partial charge in [0.1, 0.15) is 35.1 Å². The lowest BCUT2D eigenvalue weighted by atomic mass is 10.0. The highest BCUT2D eigenvalue weighted by Crippen LogP contribution is 2.42. The number of ether oxygens (including phenoxy) is 3. The first-order chi connectivity index (χ1) is 20.7. The zero-order valence-electron chi connectivity index (χ0n) is 24.1. The highest BCUT2D eigenvalue weighted by atomic mass is 32.2. The third-order valence-corrected chi connectivity index (χ3v) is 7.89. The van der Waals surface area contributed by atoms with Crippen LogP contribution in [0.5, 0.6) is 5.75 Å². The number of carbonyl (C=O) groups is 3.